The van der Waals surface area contributed by atoms with Crippen molar-refractivity contribution in [2.75, 3.05) is 26.2 Å². The van der Waals surface area contributed by atoms with Gasteiger partial charge in [0.2, 0.25) is 0 Å². The second-order valence-corrected chi connectivity index (χ2v) is 19.7. The van der Waals surface area contributed by atoms with Gasteiger partial charge < -0.3 is 14.9 Å². The maximum atomic E-state index is 4.95. The fraction of sp³-hybridized carbons (Fsp3) is 1.00. The van der Waals surface area contributed by atoms with Crippen LogP contribution < -0.4 is 0 Å². The quantitative estimate of drug-likeness (QED) is 0.412. The van der Waals surface area contributed by atoms with E-state index in [0.29, 0.717) is 5.04 Å². The van der Waals surface area contributed by atoms with Crippen LogP contribution in [0.15, 0.2) is 0 Å². The normalized spacial score (nSPS) is 13.2. The van der Waals surface area contributed by atoms with E-state index in [2.05, 4.69) is 98.0 Å². The van der Waals surface area contributed by atoms with Crippen molar-refractivity contribution >= 4 is 16.5 Å². The fourth-order valence-corrected chi connectivity index (χ4v) is 4.86. The van der Waals surface area contributed by atoms with Crippen molar-refractivity contribution in [2.24, 2.45) is 0 Å². The van der Waals surface area contributed by atoms with Crippen molar-refractivity contribution in [3.8, 4) is 0 Å². The first-order chi connectivity index (χ1) is 10.4. The summed E-state index contributed by atoms with van der Waals surface area (Å²) in [6, 6.07) is 0. The van der Waals surface area contributed by atoms with Gasteiger partial charge in [-0.25, -0.2) is 0 Å². The minimum absolute atomic E-state index is 0. The number of hydrogen-bond donors (Lipinski definition) is 0. The molecule has 0 bridgehead atoms. The van der Waals surface area contributed by atoms with Gasteiger partial charge in [0, 0.05) is 0 Å². The molecule has 3 nitrogen and oxygen atoms in total. The zero-order chi connectivity index (χ0) is 19.8. The van der Waals surface area contributed by atoms with Crippen LogP contribution in [-0.4, -0.2) is 53.1 Å². The Kier molecular flexibility index (Phi) is 15.0. The van der Waals surface area contributed by atoms with Gasteiger partial charge in [0.25, 0.3) is 0 Å². The summed E-state index contributed by atoms with van der Waals surface area (Å²) in [6.45, 7) is 33.9. The summed E-state index contributed by atoms with van der Waals surface area (Å²) in [5, 5.41) is 0.375. The predicted molar refractivity (Wildman–Crippen MR) is 120 cm³/mol. The minimum atomic E-state index is -1.42. The van der Waals surface area contributed by atoms with Crippen LogP contribution in [0.5, 0.6) is 0 Å². The van der Waals surface area contributed by atoms with Gasteiger partial charge in [0.15, 0.2) is 0 Å². The van der Waals surface area contributed by atoms with Gasteiger partial charge in [-0.2, -0.15) is 0 Å². The van der Waals surface area contributed by atoms with E-state index in [9.17, 15) is 0 Å². The maximum Gasteiger partial charge on any atom is 3.00 e. The van der Waals surface area contributed by atoms with E-state index in [1.807, 2.05) is 0 Å². The summed E-state index contributed by atoms with van der Waals surface area (Å²) in [7, 11) is -2.57. The third-order valence-corrected chi connectivity index (χ3v) is 10.4. The molecule has 0 aromatic rings. The average molecular weight is 433 g/mol. The summed E-state index contributed by atoms with van der Waals surface area (Å²) in [5.41, 5.74) is 0.128. The fourth-order valence-electron chi connectivity index (χ4n) is 2.07. The summed E-state index contributed by atoms with van der Waals surface area (Å²) < 4.78 is 0. The molecule has 0 N–H and O–H groups in total. The largest absolute Gasteiger partial charge is 3.00 e. The number of hydrogen-bond acceptors (Lipinski definition) is 1. The Morgan fingerprint density at radius 1 is 0.800 bits per heavy atom. The molecule has 0 heterocycles. The summed E-state index contributed by atoms with van der Waals surface area (Å²) in [5.74, 6) is 0. The smallest absolute Gasteiger partial charge is 0.664 e. The molecule has 154 valence electrons. The van der Waals surface area contributed by atoms with Crippen molar-refractivity contribution in [1.29, 1.82) is 0 Å². The van der Waals surface area contributed by atoms with E-state index >= 15 is 0 Å². The van der Waals surface area contributed by atoms with Gasteiger partial charge in [0.05, 0.1) is 0 Å². The number of nitrogens with zero attached hydrogens (tertiary/aromatic N) is 3. The van der Waals surface area contributed by atoms with Crippen LogP contribution in [0.3, 0.4) is 0 Å². The monoisotopic (exact) mass is 432 g/mol. The first-order valence-corrected chi connectivity index (χ1v) is 16.0. The molecule has 0 saturated heterocycles. The van der Waals surface area contributed by atoms with Crippen LogP contribution in [0, 0.1) is 0 Å². The van der Waals surface area contributed by atoms with Gasteiger partial charge in [-0.05, 0) is 19.6 Å². The molecule has 0 aromatic heterocycles. The molecule has 0 fully saturated rings. The molecule has 0 saturated carbocycles. The second kappa shape index (κ2) is 12.3. The van der Waals surface area contributed by atoms with Crippen LogP contribution in [0.4, 0.5) is 0 Å². The topological polar surface area (TPSA) is 31.4 Å². The molecule has 0 aromatic carbocycles. The SMILES string of the molecule is CC(C)(C)[N-][Si](C)(C)C(C)(C)C.CCN(CC)CC[N-][Si](C)(C)C.[Co+3]. The number of rotatable bonds is 7. The third-order valence-electron chi connectivity index (χ3n) is 4.35. The Morgan fingerprint density at radius 3 is 1.40 bits per heavy atom. The Labute approximate surface area is 172 Å². The van der Waals surface area contributed by atoms with Crippen molar-refractivity contribution in [1.82, 2.24) is 4.90 Å². The second-order valence-electron chi connectivity index (χ2n) is 10.2. The van der Waals surface area contributed by atoms with E-state index < -0.39 is 16.5 Å². The zero-order valence-corrected chi connectivity index (χ0v) is 22.5. The van der Waals surface area contributed by atoms with Gasteiger partial charge in [-0.15, -0.1) is 12.1 Å². The van der Waals surface area contributed by atoms with E-state index in [0.717, 1.165) is 26.2 Å². The minimum Gasteiger partial charge on any atom is -0.664 e. The molecule has 0 amide bonds. The Balaban J connectivity index is -0.000000372. The van der Waals surface area contributed by atoms with Crippen molar-refractivity contribution in [3.05, 3.63) is 9.96 Å². The van der Waals surface area contributed by atoms with Gasteiger partial charge in [-0.3, -0.25) is 0 Å². The predicted octanol–water partition coefficient (Wildman–Crippen LogP) is 6.70. The standard InChI is InChI=1S/C10H24NSi.C9H23N2Si.Co/c1-9(2,3)11-12(7,8)10(4,5)6;1-6-11(7-2)9-8-10-12(3,4)5;/h1-8H3;6-9H2,1-5H3;/q2*-1;+3. The molecule has 0 unspecified atom stereocenters. The van der Waals surface area contributed by atoms with Gasteiger partial charge in [0.1, 0.15) is 0 Å². The molecular weight excluding hydrogens is 385 g/mol. The first kappa shape index (κ1) is 30.5. The van der Waals surface area contributed by atoms with Crippen molar-refractivity contribution in [2.45, 2.75) is 98.7 Å². The molecule has 0 rings (SSSR count). The Hall–Kier alpha value is 0.820. The summed E-state index contributed by atoms with van der Waals surface area (Å²) in [6.07, 6.45) is 0. The Morgan fingerprint density at radius 2 is 1.20 bits per heavy atom. The van der Waals surface area contributed by atoms with Crippen LogP contribution in [-0.2, 0) is 16.8 Å². The van der Waals surface area contributed by atoms with Crippen molar-refractivity contribution < 1.29 is 16.8 Å². The molecule has 6 heteroatoms. The maximum absolute atomic E-state index is 4.95. The molecular formula is C19H47CoN3Si2+. The molecule has 0 aliphatic heterocycles. The Bertz CT molecular complexity index is 325. The van der Waals surface area contributed by atoms with E-state index in [-0.39, 0.29) is 22.3 Å². The van der Waals surface area contributed by atoms with E-state index in [1.165, 1.54) is 0 Å². The molecule has 0 spiro atoms. The van der Waals surface area contributed by atoms with Crippen LogP contribution in [0.1, 0.15) is 55.4 Å². The molecule has 0 aliphatic rings. The summed E-state index contributed by atoms with van der Waals surface area (Å²) >= 11 is 0. The van der Waals surface area contributed by atoms with E-state index in [1.54, 1.807) is 0 Å². The van der Waals surface area contributed by atoms with Crippen LogP contribution in [0.25, 0.3) is 9.96 Å². The number of likely N-dealkylation sites (N-methyl/N-ethyl adjacent to an activating group) is 1. The molecule has 0 radical (unpaired) electrons. The average Bonchev–Trinajstić information content (AvgIpc) is 2.29. The van der Waals surface area contributed by atoms with Gasteiger partial charge in [-0.1, -0.05) is 110 Å². The molecule has 25 heavy (non-hydrogen) atoms. The van der Waals surface area contributed by atoms with Gasteiger partial charge >= 0.3 is 16.8 Å². The van der Waals surface area contributed by atoms with E-state index in [4.69, 9.17) is 4.98 Å². The zero-order valence-electron chi connectivity index (χ0n) is 19.5. The van der Waals surface area contributed by atoms with Crippen LogP contribution >= 0.6 is 0 Å². The molecule has 0 atom stereocenters. The third kappa shape index (κ3) is 18.0. The molecule has 0 aliphatic carbocycles. The van der Waals surface area contributed by atoms with Crippen molar-refractivity contribution in [3.63, 3.8) is 0 Å². The first-order valence-electron chi connectivity index (χ1n) is 9.60. The summed E-state index contributed by atoms with van der Waals surface area (Å²) in [4.78, 5) is 12.1. The van der Waals surface area contributed by atoms with Crippen LogP contribution in [0.2, 0.25) is 37.8 Å².